The molecule has 4 nitrogen and oxygen atoms in total. The summed E-state index contributed by atoms with van der Waals surface area (Å²) in [7, 11) is 0. The fraction of sp³-hybridized carbons (Fsp3) is 0.286. The number of nitrogens with zero attached hydrogens (tertiary/aromatic N) is 1. The molecule has 0 saturated heterocycles. The summed E-state index contributed by atoms with van der Waals surface area (Å²) in [6.45, 7) is 0.285. The lowest BCUT2D eigenvalue weighted by Gasteiger charge is -2.31. The van der Waals surface area contributed by atoms with Crippen LogP contribution in [0.1, 0.15) is 44.7 Å². The number of benzene rings is 3. The van der Waals surface area contributed by atoms with Crippen molar-refractivity contribution in [2.45, 2.75) is 37.0 Å². The Hall–Kier alpha value is -3.62. The van der Waals surface area contributed by atoms with Gasteiger partial charge in [-0.2, -0.15) is 39.5 Å². The van der Waals surface area contributed by atoms with Crippen molar-refractivity contribution < 1.29 is 53.5 Å². The molecule has 3 aromatic carbocycles. The van der Waals surface area contributed by atoms with Gasteiger partial charge in [-0.1, -0.05) is 24.3 Å². The molecular formula is C28H19BrF10N2O2. The van der Waals surface area contributed by atoms with E-state index in [0.717, 1.165) is 12.8 Å². The van der Waals surface area contributed by atoms with Crippen LogP contribution in [-0.4, -0.2) is 30.7 Å². The maximum absolute atomic E-state index is 14.6. The molecule has 1 aliphatic rings. The van der Waals surface area contributed by atoms with E-state index in [1.165, 1.54) is 29.2 Å². The molecule has 0 radical (unpaired) electrons. The standard InChI is InChI=1S/C28H19BrF10N2O2/c29-21-13-18(25(30,27(34,35)36)28(37,38)39)12-20(26(31,32)33)22(21)40-23(42)17-7-4-8-19(11-17)41(14-15-9-10-15)24(43)16-5-2-1-3-6-16/h1-8,11-13,15H,9-10,14H2,(H,40,42). The Bertz CT molecular complexity index is 1500. The van der Waals surface area contributed by atoms with Crippen LogP contribution in [0.3, 0.4) is 0 Å². The smallest absolute Gasteiger partial charge is 0.320 e. The minimum absolute atomic E-state index is 0.127. The summed E-state index contributed by atoms with van der Waals surface area (Å²) in [5.41, 5.74) is -11.7. The molecule has 0 bridgehead atoms. The third-order valence-electron chi connectivity index (χ3n) is 6.64. The van der Waals surface area contributed by atoms with Crippen LogP contribution in [0.2, 0.25) is 0 Å². The van der Waals surface area contributed by atoms with Gasteiger partial charge in [-0.3, -0.25) is 9.59 Å². The lowest BCUT2D eigenvalue weighted by atomic mass is 9.92. The number of amides is 2. The first-order valence-corrected chi connectivity index (χ1v) is 13.2. The maximum Gasteiger partial charge on any atom is 0.435 e. The summed E-state index contributed by atoms with van der Waals surface area (Å²) in [4.78, 5) is 27.7. The number of carbonyl (C=O) groups is 2. The predicted octanol–water partition coefficient (Wildman–Crippen LogP) is 9.07. The molecule has 15 heteroatoms. The molecule has 43 heavy (non-hydrogen) atoms. The van der Waals surface area contributed by atoms with E-state index in [-0.39, 0.29) is 29.8 Å². The first kappa shape index (κ1) is 32.3. The number of carbonyl (C=O) groups excluding carboxylic acids is 2. The van der Waals surface area contributed by atoms with E-state index < -0.39 is 63.4 Å². The van der Waals surface area contributed by atoms with Crippen LogP contribution < -0.4 is 10.2 Å². The van der Waals surface area contributed by atoms with Crippen LogP contribution in [0, 0.1) is 5.92 Å². The highest BCUT2D eigenvalue weighted by Crippen LogP contribution is 2.55. The highest BCUT2D eigenvalue weighted by Gasteiger charge is 2.73. The average Bonchev–Trinajstić information content (AvgIpc) is 3.75. The summed E-state index contributed by atoms with van der Waals surface area (Å²) in [5.74, 6) is -1.46. The number of hydrogen-bond donors (Lipinski definition) is 1. The van der Waals surface area contributed by atoms with Crippen LogP contribution in [0.5, 0.6) is 0 Å². The molecule has 1 aliphatic carbocycles. The molecule has 0 atom stereocenters. The number of hydrogen-bond acceptors (Lipinski definition) is 2. The molecule has 0 spiro atoms. The van der Waals surface area contributed by atoms with E-state index in [1.54, 1.807) is 30.3 Å². The fourth-order valence-electron chi connectivity index (χ4n) is 4.25. The molecule has 1 N–H and O–H groups in total. The highest BCUT2D eigenvalue weighted by molar-refractivity contribution is 9.10. The minimum Gasteiger partial charge on any atom is -0.320 e. The molecule has 0 aromatic heterocycles. The van der Waals surface area contributed by atoms with Crippen LogP contribution in [-0.2, 0) is 11.8 Å². The molecule has 1 saturated carbocycles. The second-order valence-electron chi connectivity index (χ2n) is 9.76. The van der Waals surface area contributed by atoms with Crippen molar-refractivity contribution in [1.29, 1.82) is 0 Å². The van der Waals surface area contributed by atoms with Crippen LogP contribution >= 0.6 is 15.9 Å². The first-order valence-electron chi connectivity index (χ1n) is 12.4. The Morgan fingerprint density at radius 2 is 1.37 bits per heavy atom. The van der Waals surface area contributed by atoms with Gasteiger partial charge in [-0.25, -0.2) is 4.39 Å². The van der Waals surface area contributed by atoms with Crippen molar-refractivity contribution in [2.75, 3.05) is 16.8 Å². The third-order valence-corrected chi connectivity index (χ3v) is 7.26. The monoisotopic (exact) mass is 684 g/mol. The molecule has 1 fully saturated rings. The first-order chi connectivity index (χ1) is 19.8. The number of anilines is 2. The number of rotatable bonds is 7. The van der Waals surface area contributed by atoms with E-state index in [2.05, 4.69) is 15.9 Å². The fourth-order valence-corrected chi connectivity index (χ4v) is 4.81. The normalized spacial score (nSPS) is 14.4. The Morgan fingerprint density at radius 1 is 0.791 bits per heavy atom. The van der Waals surface area contributed by atoms with Gasteiger partial charge < -0.3 is 10.2 Å². The van der Waals surface area contributed by atoms with E-state index in [0.29, 0.717) is 5.56 Å². The van der Waals surface area contributed by atoms with E-state index in [9.17, 15) is 53.5 Å². The molecule has 0 aliphatic heterocycles. The Kier molecular flexibility index (Phi) is 8.61. The lowest BCUT2D eigenvalue weighted by Crippen LogP contribution is -2.50. The zero-order valence-corrected chi connectivity index (χ0v) is 23.1. The SMILES string of the molecule is O=C(Nc1c(Br)cc(C(F)(C(F)(F)F)C(F)(F)F)cc1C(F)(F)F)c1cccc(N(CC2CC2)C(=O)c2ccccc2)c1. The Labute approximate surface area is 245 Å². The van der Waals surface area contributed by atoms with Crippen molar-refractivity contribution in [3.63, 3.8) is 0 Å². The second-order valence-corrected chi connectivity index (χ2v) is 10.6. The zero-order valence-electron chi connectivity index (χ0n) is 21.5. The van der Waals surface area contributed by atoms with Crippen LogP contribution in [0.25, 0.3) is 0 Å². The third kappa shape index (κ3) is 6.65. The molecule has 2 amide bonds. The summed E-state index contributed by atoms with van der Waals surface area (Å²) in [6, 6.07) is 12.6. The second kappa shape index (κ2) is 11.5. The van der Waals surface area contributed by atoms with E-state index in [4.69, 9.17) is 0 Å². The maximum atomic E-state index is 14.6. The van der Waals surface area contributed by atoms with Gasteiger partial charge in [0.15, 0.2) is 0 Å². The largest absolute Gasteiger partial charge is 0.435 e. The van der Waals surface area contributed by atoms with Crippen molar-refractivity contribution in [1.82, 2.24) is 0 Å². The van der Waals surface area contributed by atoms with Crippen molar-refractivity contribution in [2.24, 2.45) is 5.92 Å². The summed E-state index contributed by atoms with van der Waals surface area (Å²) < 4.78 is 135. The Balaban J connectivity index is 1.72. The molecule has 3 aromatic rings. The van der Waals surface area contributed by atoms with Crippen molar-refractivity contribution >= 4 is 39.1 Å². The minimum atomic E-state index is -6.66. The number of halogens is 11. The molecule has 230 valence electrons. The predicted molar refractivity (Wildman–Crippen MR) is 139 cm³/mol. The summed E-state index contributed by atoms with van der Waals surface area (Å²) >= 11 is 2.47. The molecule has 4 rings (SSSR count). The van der Waals surface area contributed by atoms with Gasteiger partial charge in [-0.15, -0.1) is 0 Å². The van der Waals surface area contributed by atoms with Gasteiger partial charge in [0.2, 0.25) is 0 Å². The summed E-state index contributed by atoms with van der Waals surface area (Å²) in [6.07, 6.45) is -17.2. The zero-order chi connectivity index (χ0) is 32.0. The van der Waals surface area contributed by atoms with Crippen LogP contribution in [0.4, 0.5) is 55.3 Å². The van der Waals surface area contributed by atoms with Gasteiger partial charge in [0.25, 0.3) is 11.8 Å². The van der Waals surface area contributed by atoms with Crippen molar-refractivity contribution in [3.05, 3.63) is 93.5 Å². The van der Waals surface area contributed by atoms with Gasteiger partial charge in [-0.05, 0) is 77.2 Å². The summed E-state index contributed by atoms with van der Waals surface area (Å²) in [5, 5.41) is 1.84. The number of nitrogens with one attached hydrogen (secondary N) is 1. The Morgan fingerprint density at radius 3 is 1.91 bits per heavy atom. The van der Waals surface area contributed by atoms with Gasteiger partial charge >= 0.3 is 24.2 Å². The topological polar surface area (TPSA) is 49.4 Å². The quantitative estimate of drug-likeness (QED) is 0.253. The van der Waals surface area contributed by atoms with Crippen molar-refractivity contribution in [3.8, 4) is 0 Å². The van der Waals surface area contributed by atoms with E-state index in [1.807, 2.05) is 5.32 Å². The molecule has 0 unspecified atom stereocenters. The average molecular weight is 685 g/mol. The highest BCUT2D eigenvalue weighted by atomic mass is 79.9. The number of alkyl halides is 10. The molecular weight excluding hydrogens is 666 g/mol. The van der Waals surface area contributed by atoms with Crippen LogP contribution in [0.15, 0.2) is 71.2 Å². The van der Waals surface area contributed by atoms with Gasteiger partial charge in [0.05, 0.1) is 11.3 Å². The van der Waals surface area contributed by atoms with Gasteiger partial charge in [0.1, 0.15) is 0 Å². The van der Waals surface area contributed by atoms with E-state index >= 15 is 0 Å². The lowest BCUT2D eigenvalue weighted by molar-refractivity contribution is -0.348. The molecule has 0 heterocycles. The van der Waals surface area contributed by atoms with Gasteiger partial charge in [0, 0.05) is 33.4 Å².